The van der Waals surface area contributed by atoms with Gasteiger partial charge in [-0.1, -0.05) is 18.9 Å². The third-order valence-corrected chi connectivity index (χ3v) is 4.86. The van der Waals surface area contributed by atoms with Crippen LogP contribution in [0.5, 0.6) is 0 Å². The zero-order chi connectivity index (χ0) is 12.4. The first-order valence-corrected chi connectivity index (χ1v) is 7.63. The molecule has 2 unspecified atom stereocenters. The number of anilines is 1. The quantitative estimate of drug-likeness (QED) is 0.841. The van der Waals surface area contributed by atoms with Crippen molar-refractivity contribution in [3.63, 3.8) is 0 Å². The predicted molar refractivity (Wildman–Crippen MR) is 76.4 cm³/mol. The summed E-state index contributed by atoms with van der Waals surface area (Å²) in [4.78, 5) is 4.71. The minimum Gasteiger partial charge on any atom is -0.370 e. The number of pyridine rings is 1. The van der Waals surface area contributed by atoms with Crippen LogP contribution >= 0.6 is 11.6 Å². The summed E-state index contributed by atoms with van der Waals surface area (Å²) in [5.41, 5.74) is 2.74. The molecule has 0 bridgehead atoms. The van der Waals surface area contributed by atoms with Crippen LogP contribution in [-0.4, -0.2) is 16.9 Å². The number of halogens is 1. The number of hydrogen-bond acceptors (Lipinski definition) is 2. The predicted octanol–water partition coefficient (Wildman–Crippen LogP) is 3.78. The SMILES string of the molecule is ClC1CCCCC1CNc1ccc2c(n1)CCC2. The maximum atomic E-state index is 6.38. The van der Waals surface area contributed by atoms with Gasteiger partial charge in [0.15, 0.2) is 0 Å². The molecule has 3 rings (SSSR count). The second-order valence-electron chi connectivity index (χ2n) is 5.60. The standard InChI is InChI=1S/C15H21ClN2/c16-13-6-2-1-4-12(13)10-17-15-9-8-11-5-3-7-14(11)18-15/h8-9,12-13H,1-7,10H2,(H,17,18). The third kappa shape index (κ3) is 2.64. The molecular weight excluding hydrogens is 244 g/mol. The van der Waals surface area contributed by atoms with Gasteiger partial charge in [-0.05, 0) is 49.7 Å². The monoisotopic (exact) mass is 264 g/mol. The van der Waals surface area contributed by atoms with Gasteiger partial charge in [0.05, 0.1) is 0 Å². The van der Waals surface area contributed by atoms with Gasteiger partial charge in [-0.3, -0.25) is 0 Å². The second-order valence-corrected chi connectivity index (χ2v) is 6.16. The van der Waals surface area contributed by atoms with Gasteiger partial charge in [-0.15, -0.1) is 11.6 Å². The third-order valence-electron chi connectivity index (χ3n) is 4.29. The molecular formula is C15H21ClN2. The van der Waals surface area contributed by atoms with Gasteiger partial charge < -0.3 is 5.32 Å². The minimum atomic E-state index is 0.348. The summed E-state index contributed by atoms with van der Waals surface area (Å²) >= 11 is 6.38. The van der Waals surface area contributed by atoms with E-state index in [4.69, 9.17) is 16.6 Å². The fourth-order valence-electron chi connectivity index (χ4n) is 3.15. The van der Waals surface area contributed by atoms with E-state index in [9.17, 15) is 0 Å². The van der Waals surface area contributed by atoms with E-state index < -0.39 is 0 Å². The first-order valence-electron chi connectivity index (χ1n) is 7.19. The van der Waals surface area contributed by atoms with Crippen LogP contribution in [0.3, 0.4) is 0 Å². The van der Waals surface area contributed by atoms with E-state index in [0.717, 1.165) is 18.8 Å². The number of rotatable bonds is 3. The summed E-state index contributed by atoms with van der Waals surface area (Å²) in [6.45, 7) is 0.972. The molecule has 1 heterocycles. The number of aromatic nitrogens is 1. The molecule has 0 amide bonds. The second kappa shape index (κ2) is 5.48. The van der Waals surface area contributed by atoms with Crippen LogP contribution in [0.25, 0.3) is 0 Å². The number of nitrogens with zero attached hydrogens (tertiary/aromatic N) is 1. The van der Waals surface area contributed by atoms with Crippen molar-refractivity contribution in [2.75, 3.05) is 11.9 Å². The molecule has 0 aliphatic heterocycles. The van der Waals surface area contributed by atoms with Crippen molar-refractivity contribution in [3.05, 3.63) is 23.4 Å². The van der Waals surface area contributed by atoms with Gasteiger partial charge >= 0.3 is 0 Å². The maximum absolute atomic E-state index is 6.38. The number of aryl methyl sites for hydroxylation is 2. The first-order chi connectivity index (χ1) is 8.83. The largest absolute Gasteiger partial charge is 0.370 e. The molecule has 98 valence electrons. The number of nitrogens with one attached hydrogen (secondary N) is 1. The van der Waals surface area contributed by atoms with E-state index in [1.807, 2.05) is 0 Å². The minimum absolute atomic E-state index is 0.348. The van der Waals surface area contributed by atoms with E-state index in [-0.39, 0.29) is 0 Å². The van der Waals surface area contributed by atoms with Crippen LogP contribution in [0, 0.1) is 5.92 Å². The molecule has 3 heteroatoms. The van der Waals surface area contributed by atoms with Crippen LogP contribution in [-0.2, 0) is 12.8 Å². The van der Waals surface area contributed by atoms with Crippen LogP contribution in [0.1, 0.15) is 43.4 Å². The molecule has 1 N–H and O–H groups in total. The van der Waals surface area contributed by atoms with Gasteiger partial charge in [0, 0.05) is 17.6 Å². The molecule has 1 aromatic heterocycles. The maximum Gasteiger partial charge on any atom is 0.126 e. The first kappa shape index (κ1) is 12.3. The van der Waals surface area contributed by atoms with E-state index >= 15 is 0 Å². The van der Waals surface area contributed by atoms with Crippen molar-refractivity contribution < 1.29 is 0 Å². The molecule has 0 saturated heterocycles. The highest BCUT2D eigenvalue weighted by atomic mass is 35.5. The Bertz CT molecular complexity index is 419. The zero-order valence-corrected chi connectivity index (χ0v) is 11.5. The average molecular weight is 265 g/mol. The molecule has 2 aliphatic carbocycles. The lowest BCUT2D eigenvalue weighted by Crippen LogP contribution is -2.27. The van der Waals surface area contributed by atoms with E-state index in [2.05, 4.69) is 17.4 Å². The Kier molecular flexibility index (Phi) is 3.74. The molecule has 2 aliphatic rings. The molecule has 18 heavy (non-hydrogen) atoms. The molecule has 2 atom stereocenters. The van der Waals surface area contributed by atoms with Crippen molar-refractivity contribution in [3.8, 4) is 0 Å². The summed E-state index contributed by atoms with van der Waals surface area (Å²) in [7, 11) is 0. The Morgan fingerprint density at radius 1 is 1.17 bits per heavy atom. The van der Waals surface area contributed by atoms with Crippen molar-refractivity contribution >= 4 is 17.4 Å². The number of hydrogen-bond donors (Lipinski definition) is 1. The fourth-order valence-corrected chi connectivity index (χ4v) is 3.52. The van der Waals surface area contributed by atoms with E-state index in [1.165, 1.54) is 49.8 Å². The van der Waals surface area contributed by atoms with Crippen molar-refractivity contribution in [1.82, 2.24) is 4.98 Å². The summed E-state index contributed by atoms with van der Waals surface area (Å²) in [6, 6.07) is 4.35. The Balaban J connectivity index is 1.59. The summed E-state index contributed by atoms with van der Waals surface area (Å²) in [5, 5.41) is 3.83. The summed E-state index contributed by atoms with van der Waals surface area (Å²) in [5.74, 6) is 1.64. The van der Waals surface area contributed by atoms with Crippen molar-refractivity contribution in [2.45, 2.75) is 50.3 Å². The van der Waals surface area contributed by atoms with Crippen molar-refractivity contribution in [2.24, 2.45) is 5.92 Å². The Labute approximate surface area is 114 Å². The van der Waals surface area contributed by atoms with Gasteiger partial charge in [0.1, 0.15) is 5.82 Å². The zero-order valence-electron chi connectivity index (χ0n) is 10.8. The highest BCUT2D eigenvalue weighted by Crippen LogP contribution is 2.29. The Hall–Kier alpha value is -0.760. The fraction of sp³-hybridized carbons (Fsp3) is 0.667. The van der Waals surface area contributed by atoms with E-state index in [1.54, 1.807) is 0 Å². The normalized spacial score (nSPS) is 26.9. The van der Waals surface area contributed by atoms with Crippen LogP contribution in [0.4, 0.5) is 5.82 Å². The number of fused-ring (bicyclic) bond motifs is 1. The lowest BCUT2D eigenvalue weighted by atomic mass is 9.89. The van der Waals surface area contributed by atoms with Gasteiger partial charge in [0.25, 0.3) is 0 Å². The Morgan fingerprint density at radius 2 is 2.06 bits per heavy atom. The molecule has 0 aromatic carbocycles. The smallest absolute Gasteiger partial charge is 0.126 e. The van der Waals surface area contributed by atoms with E-state index in [0.29, 0.717) is 11.3 Å². The average Bonchev–Trinajstić information content (AvgIpc) is 2.85. The lowest BCUT2D eigenvalue weighted by molar-refractivity contribution is 0.380. The van der Waals surface area contributed by atoms with Crippen LogP contribution in [0.2, 0.25) is 0 Å². The van der Waals surface area contributed by atoms with Crippen molar-refractivity contribution in [1.29, 1.82) is 0 Å². The highest BCUT2D eigenvalue weighted by Gasteiger charge is 2.23. The van der Waals surface area contributed by atoms with Gasteiger partial charge in [-0.2, -0.15) is 0 Å². The summed E-state index contributed by atoms with van der Waals surface area (Å²) in [6.07, 6.45) is 8.66. The van der Waals surface area contributed by atoms with Gasteiger partial charge in [0.2, 0.25) is 0 Å². The van der Waals surface area contributed by atoms with Gasteiger partial charge in [-0.25, -0.2) is 4.98 Å². The highest BCUT2D eigenvalue weighted by molar-refractivity contribution is 6.20. The molecule has 0 radical (unpaired) electrons. The summed E-state index contributed by atoms with van der Waals surface area (Å²) < 4.78 is 0. The van der Waals surface area contributed by atoms with Crippen LogP contribution in [0.15, 0.2) is 12.1 Å². The Morgan fingerprint density at radius 3 is 2.94 bits per heavy atom. The van der Waals surface area contributed by atoms with Crippen LogP contribution < -0.4 is 5.32 Å². The lowest BCUT2D eigenvalue weighted by Gasteiger charge is -2.27. The molecule has 0 spiro atoms. The topological polar surface area (TPSA) is 24.9 Å². The molecule has 1 saturated carbocycles. The molecule has 2 nitrogen and oxygen atoms in total. The molecule has 1 fully saturated rings. The molecule has 1 aromatic rings. The number of alkyl halides is 1.